The van der Waals surface area contributed by atoms with Crippen LogP contribution in [0.25, 0.3) is 11.5 Å². The molecule has 0 aromatic carbocycles. The lowest BCUT2D eigenvalue weighted by Crippen LogP contribution is -2.06. The molecule has 72 valence electrons. The average Bonchev–Trinajstić information content (AvgIpc) is 2.68. The first kappa shape index (κ1) is 8.76. The van der Waals surface area contributed by atoms with Crippen molar-refractivity contribution >= 4 is 0 Å². The molecule has 0 spiro atoms. The lowest BCUT2D eigenvalue weighted by Gasteiger charge is -1.95. The van der Waals surface area contributed by atoms with Gasteiger partial charge in [0.1, 0.15) is 11.5 Å². The number of H-pyrrole nitrogens is 1. The first-order valence-corrected chi connectivity index (χ1v) is 4.21. The summed E-state index contributed by atoms with van der Waals surface area (Å²) in [7, 11) is 0. The zero-order valence-electron chi connectivity index (χ0n) is 7.68. The molecule has 0 aliphatic carbocycles. The lowest BCUT2D eigenvalue weighted by molar-refractivity contribution is 0.745. The van der Waals surface area contributed by atoms with Crippen molar-refractivity contribution in [3.05, 3.63) is 24.4 Å². The highest BCUT2D eigenvalue weighted by molar-refractivity contribution is 5.45. The fourth-order valence-corrected chi connectivity index (χ4v) is 1.01. The molecule has 3 N–H and O–H groups in total. The van der Waals surface area contributed by atoms with Crippen molar-refractivity contribution < 1.29 is 0 Å². The van der Waals surface area contributed by atoms with Gasteiger partial charge in [0.05, 0.1) is 12.2 Å². The van der Waals surface area contributed by atoms with Gasteiger partial charge < -0.3 is 5.73 Å². The average molecular weight is 190 g/mol. The van der Waals surface area contributed by atoms with Crippen molar-refractivity contribution in [3.8, 4) is 11.5 Å². The summed E-state index contributed by atoms with van der Waals surface area (Å²) in [5.74, 6) is 1.16. The second kappa shape index (κ2) is 3.51. The Bertz CT molecular complexity index is 407. The summed E-state index contributed by atoms with van der Waals surface area (Å²) in [5, 5.41) is 6.74. The van der Waals surface area contributed by atoms with Gasteiger partial charge in [-0.3, -0.25) is 10.1 Å². The largest absolute Gasteiger partial charge is 0.322 e. The van der Waals surface area contributed by atoms with Gasteiger partial charge in [0.15, 0.2) is 0 Å². The van der Waals surface area contributed by atoms with Gasteiger partial charge in [0, 0.05) is 12.4 Å². The van der Waals surface area contributed by atoms with E-state index in [1.807, 2.05) is 6.92 Å². The van der Waals surface area contributed by atoms with Crippen LogP contribution in [0.1, 0.15) is 18.8 Å². The highest BCUT2D eigenvalue weighted by Gasteiger charge is 2.09. The molecule has 2 rings (SSSR count). The van der Waals surface area contributed by atoms with E-state index in [0.29, 0.717) is 17.3 Å². The van der Waals surface area contributed by atoms with Crippen molar-refractivity contribution in [1.82, 2.24) is 25.1 Å². The number of nitrogens with zero attached hydrogens (tertiary/aromatic N) is 4. The zero-order valence-corrected chi connectivity index (χ0v) is 7.68. The standard InChI is InChI=1S/C8H10N6/c1-5(9)7-12-8(14-13-7)6-4-10-2-3-11-6/h2-5H,9H2,1H3,(H,12,13,14)/t5-/m0/s1. The molecule has 6 heteroatoms. The number of aromatic nitrogens is 5. The third kappa shape index (κ3) is 1.60. The van der Waals surface area contributed by atoms with Gasteiger partial charge in [0.25, 0.3) is 0 Å². The molecule has 1 atom stereocenters. The van der Waals surface area contributed by atoms with Gasteiger partial charge in [-0.15, -0.1) is 0 Å². The van der Waals surface area contributed by atoms with Crippen LogP contribution in [0.3, 0.4) is 0 Å². The Morgan fingerprint density at radius 1 is 1.43 bits per heavy atom. The molecule has 2 heterocycles. The summed E-state index contributed by atoms with van der Waals surface area (Å²) in [5.41, 5.74) is 6.27. The molecule has 0 saturated heterocycles. The molecule has 2 aromatic rings. The molecule has 0 aliphatic rings. The van der Waals surface area contributed by atoms with E-state index in [4.69, 9.17) is 5.73 Å². The second-order valence-electron chi connectivity index (χ2n) is 2.92. The van der Waals surface area contributed by atoms with E-state index in [-0.39, 0.29) is 6.04 Å². The third-order valence-electron chi connectivity index (χ3n) is 1.73. The van der Waals surface area contributed by atoms with E-state index in [0.717, 1.165) is 0 Å². The maximum Gasteiger partial charge on any atom is 0.201 e. The molecule has 0 fully saturated rings. The Kier molecular flexibility index (Phi) is 2.19. The van der Waals surface area contributed by atoms with Crippen LogP contribution in [-0.4, -0.2) is 25.1 Å². The number of nitrogens with one attached hydrogen (secondary N) is 1. The summed E-state index contributed by atoms with van der Waals surface area (Å²) in [6.07, 6.45) is 4.80. The van der Waals surface area contributed by atoms with Crippen LogP contribution in [0.15, 0.2) is 18.6 Å². The number of rotatable bonds is 2. The third-order valence-corrected chi connectivity index (χ3v) is 1.73. The SMILES string of the molecule is C[C@H](N)c1nc(-c2cnccn2)n[nH]1. The fourth-order valence-electron chi connectivity index (χ4n) is 1.01. The van der Waals surface area contributed by atoms with Gasteiger partial charge >= 0.3 is 0 Å². The Labute approximate surface area is 80.6 Å². The summed E-state index contributed by atoms with van der Waals surface area (Å²) in [4.78, 5) is 12.2. The summed E-state index contributed by atoms with van der Waals surface area (Å²) in [6.45, 7) is 1.83. The van der Waals surface area contributed by atoms with Crippen LogP contribution in [-0.2, 0) is 0 Å². The topological polar surface area (TPSA) is 93.4 Å². The molecular formula is C8H10N6. The molecule has 0 bridgehead atoms. The van der Waals surface area contributed by atoms with Crippen molar-refractivity contribution in [2.75, 3.05) is 0 Å². The van der Waals surface area contributed by atoms with Gasteiger partial charge in [0.2, 0.25) is 5.82 Å². The van der Waals surface area contributed by atoms with Gasteiger partial charge in [-0.25, -0.2) is 9.97 Å². The van der Waals surface area contributed by atoms with E-state index in [1.54, 1.807) is 18.6 Å². The predicted octanol–water partition coefficient (Wildman–Crippen LogP) is 0.281. The van der Waals surface area contributed by atoms with Crippen LogP contribution < -0.4 is 5.73 Å². The van der Waals surface area contributed by atoms with Crippen molar-refractivity contribution in [1.29, 1.82) is 0 Å². The lowest BCUT2D eigenvalue weighted by atomic mass is 10.3. The van der Waals surface area contributed by atoms with Crippen LogP contribution >= 0.6 is 0 Å². The Morgan fingerprint density at radius 2 is 2.29 bits per heavy atom. The summed E-state index contributed by atoms with van der Waals surface area (Å²) >= 11 is 0. The number of aromatic amines is 1. The molecule has 2 aromatic heterocycles. The molecular weight excluding hydrogens is 180 g/mol. The highest BCUT2D eigenvalue weighted by Crippen LogP contribution is 2.11. The maximum absolute atomic E-state index is 5.64. The van der Waals surface area contributed by atoms with Crippen molar-refractivity contribution in [2.45, 2.75) is 13.0 Å². The Balaban J connectivity index is 2.34. The molecule has 0 amide bonds. The van der Waals surface area contributed by atoms with Crippen LogP contribution in [0.5, 0.6) is 0 Å². The maximum atomic E-state index is 5.64. The highest BCUT2D eigenvalue weighted by atomic mass is 15.2. The summed E-state index contributed by atoms with van der Waals surface area (Å²) in [6, 6.07) is -0.159. The minimum atomic E-state index is -0.159. The van der Waals surface area contributed by atoms with E-state index >= 15 is 0 Å². The van der Waals surface area contributed by atoms with E-state index in [2.05, 4.69) is 25.1 Å². The second-order valence-corrected chi connectivity index (χ2v) is 2.92. The van der Waals surface area contributed by atoms with Crippen molar-refractivity contribution in [2.24, 2.45) is 5.73 Å². The smallest absolute Gasteiger partial charge is 0.201 e. The predicted molar refractivity (Wildman–Crippen MR) is 50.0 cm³/mol. The van der Waals surface area contributed by atoms with Crippen LogP contribution in [0, 0.1) is 0 Å². The Morgan fingerprint density at radius 3 is 2.86 bits per heavy atom. The minimum absolute atomic E-state index is 0.159. The molecule has 0 unspecified atom stereocenters. The first-order chi connectivity index (χ1) is 6.77. The van der Waals surface area contributed by atoms with Crippen molar-refractivity contribution in [3.63, 3.8) is 0 Å². The molecule has 14 heavy (non-hydrogen) atoms. The number of hydrogen-bond donors (Lipinski definition) is 2. The first-order valence-electron chi connectivity index (χ1n) is 4.21. The van der Waals surface area contributed by atoms with E-state index in [9.17, 15) is 0 Å². The number of hydrogen-bond acceptors (Lipinski definition) is 5. The van der Waals surface area contributed by atoms with Crippen LogP contribution in [0.2, 0.25) is 0 Å². The fraction of sp³-hybridized carbons (Fsp3) is 0.250. The zero-order chi connectivity index (χ0) is 9.97. The summed E-state index contributed by atoms with van der Waals surface area (Å²) < 4.78 is 0. The van der Waals surface area contributed by atoms with Crippen LogP contribution in [0.4, 0.5) is 0 Å². The Hall–Kier alpha value is -1.82. The van der Waals surface area contributed by atoms with Gasteiger partial charge in [-0.1, -0.05) is 0 Å². The van der Waals surface area contributed by atoms with Gasteiger partial charge in [-0.05, 0) is 6.92 Å². The molecule has 0 radical (unpaired) electrons. The minimum Gasteiger partial charge on any atom is -0.322 e. The number of nitrogens with two attached hydrogens (primary N) is 1. The van der Waals surface area contributed by atoms with Gasteiger partial charge in [-0.2, -0.15) is 5.10 Å². The normalized spacial score (nSPS) is 12.7. The molecule has 6 nitrogen and oxygen atoms in total. The van der Waals surface area contributed by atoms with E-state index in [1.165, 1.54) is 0 Å². The molecule has 0 saturated carbocycles. The van der Waals surface area contributed by atoms with E-state index < -0.39 is 0 Å². The monoisotopic (exact) mass is 190 g/mol. The quantitative estimate of drug-likeness (QED) is 0.709. The molecule has 0 aliphatic heterocycles.